The highest BCUT2D eigenvalue weighted by molar-refractivity contribution is 7.13. The Balaban J connectivity index is 1.71. The van der Waals surface area contributed by atoms with Crippen molar-refractivity contribution in [2.45, 2.75) is 13.8 Å². The van der Waals surface area contributed by atoms with Gasteiger partial charge in [0.25, 0.3) is 5.91 Å². The largest absolute Gasteiger partial charge is 0.321 e. The summed E-state index contributed by atoms with van der Waals surface area (Å²) in [4.78, 5) is 13.8. The Hall–Kier alpha value is -3.95. The van der Waals surface area contributed by atoms with Gasteiger partial charge in [-0.15, -0.1) is 11.3 Å². The molecule has 6 heteroatoms. The third-order valence-electron chi connectivity index (χ3n) is 4.95. The number of nitrogens with zero attached hydrogens (tertiary/aromatic N) is 3. The maximum atomic E-state index is 12.8. The average Bonchev–Trinajstić information content (AvgIpc) is 3.45. The Labute approximate surface area is 184 Å². The Morgan fingerprint density at radius 3 is 2.58 bits per heavy atom. The molecule has 1 N–H and O–H groups in total. The molecule has 0 atom stereocenters. The summed E-state index contributed by atoms with van der Waals surface area (Å²) in [5.41, 5.74) is 5.23. The van der Waals surface area contributed by atoms with Crippen molar-refractivity contribution in [2.24, 2.45) is 0 Å². The molecular weight excluding hydrogens is 404 g/mol. The Bertz CT molecular complexity index is 1300. The fourth-order valence-corrected chi connectivity index (χ4v) is 3.86. The van der Waals surface area contributed by atoms with Crippen molar-refractivity contribution >= 4 is 29.0 Å². The van der Waals surface area contributed by atoms with E-state index in [0.29, 0.717) is 11.3 Å². The van der Waals surface area contributed by atoms with Gasteiger partial charge >= 0.3 is 0 Å². The minimum Gasteiger partial charge on any atom is -0.321 e. The zero-order valence-corrected chi connectivity index (χ0v) is 18.0. The molecule has 0 fully saturated rings. The SMILES string of the molecule is Cc1ccc(NC(=O)C(C#N)=Cc2cn(-c3ccccc3)nc2-c2cccs2)cc1C. The molecule has 0 spiro atoms. The summed E-state index contributed by atoms with van der Waals surface area (Å²) in [5, 5.41) is 19.2. The zero-order chi connectivity index (χ0) is 21.8. The predicted molar refractivity (Wildman–Crippen MR) is 125 cm³/mol. The third kappa shape index (κ3) is 4.47. The molecule has 1 amide bonds. The number of rotatable bonds is 5. The molecule has 0 aliphatic rings. The van der Waals surface area contributed by atoms with E-state index in [-0.39, 0.29) is 5.57 Å². The van der Waals surface area contributed by atoms with E-state index in [0.717, 1.165) is 27.4 Å². The van der Waals surface area contributed by atoms with Gasteiger partial charge in [-0.05, 0) is 66.8 Å². The molecule has 0 aliphatic carbocycles. The van der Waals surface area contributed by atoms with Gasteiger partial charge in [0, 0.05) is 17.4 Å². The minimum atomic E-state index is -0.449. The van der Waals surface area contributed by atoms with Crippen molar-refractivity contribution in [1.82, 2.24) is 9.78 Å². The van der Waals surface area contributed by atoms with Gasteiger partial charge < -0.3 is 5.32 Å². The van der Waals surface area contributed by atoms with E-state index in [1.54, 1.807) is 22.1 Å². The predicted octanol–water partition coefficient (Wildman–Crippen LogP) is 5.76. The van der Waals surface area contributed by atoms with Crippen LogP contribution in [-0.2, 0) is 4.79 Å². The Morgan fingerprint density at radius 1 is 1.10 bits per heavy atom. The lowest BCUT2D eigenvalue weighted by molar-refractivity contribution is -0.112. The summed E-state index contributed by atoms with van der Waals surface area (Å²) in [6.07, 6.45) is 3.43. The molecule has 4 aromatic rings. The first-order chi connectivity index (χ1) is 15.0. The van der Waals surface area contributed by atoms with E-state index < -0.39 is 5.91 Å². The summed E-state index contributed by atoms with van der Waals surface area (Å²) in [6, 6.07) is 21.4. The molecule has 2 heterocycles. The van der Waals surface area contributed by atoms with Gasteiger partial charge in [0.1, 0.15) is 17.3 Å². The van der Waals surface area contributed by atoms with E-state index >= 15 is 0 Å². The third-order valence-corrected chi connectivity index (χ3v) is 5.82. The lowest BCUT2D eigenvalue weighted by Gasteiger charge is -2.07. The van der Waals surface area contributed by atoms with Crippen LogP contribution in [0.4, 0.5) is 5.69 Å². The highest BCUT2D eigenvalue weighted by atomic mass is 32.1. The molecule has 0 saturated heterocycles. The number of carbonyl (C=O) groups is 1. The van der Waals surface area contributed by atoms with Crippen molar-refractivity contribution in [3.63, 3.8) is 0 Å². The van der Waals surface area contributed by atoms with Gasteiger partial charge in [-0.1, -0.05) is 30.3 Å². The number of para-hydroxylation sites is 1. The smallest absolute Gasteiger partial charge is 0.266 e. The summed E-state index contributed by atoms with van der Waals surface area (Å²) < 4.78 is 1.76. The second-order valence-corrected chi connectivity index (χ2v) is 8.06. The monoisotopic (exact) mass is 424 g/mol. The number of anilines is 1. The average molecular weight is 425 g/mol. The fraction of sp³-hybridized carbons (Fsp3) is 0.0800. The highest BCUT2D eigenvalue weighted by Crippen LogP contribution is 2.29. The molecule has 2 aromatic heterocycles. The number of aromatic nitrogens is 2. The Morgan fingerprint density at radius 2 is 1.90 bits per heavy atom. The highest BCUT2D eigenvalue weighted by Gasteiger charge is 2.16. The van der Waals surface area contributed by atoms with Gasteiger partial charge in [0.05, 0.1) is 10.6 Å². The molecule has 0 radical (unpaired) electrons. The molecule has 31 heavy (non-hydrogen) atoms. The number of nitrogens with one attached hydrogen (secondary N) is 1. The summed E-state index contributed by atoms with van der Waals surface area (Å²) >= 11 is 1.56. The van der Waals surface area contributed by atoms with E-state index in [2.05, 4.69) is 5.32 Å². The molecule has 0 aliphatic heterocycles. The normalized spacial score (nSPS) is 11.2. The second kappa shape index (κ2) is 8.82. The maximum Gasteiger partial charge on any atom is 0.266 e. The first-order valence-electron chi connectivity index (χ1n) is 9.74. The second-order valence-electron chi connectivity index (χ2n) is 7.11. The van der Waals surface area contributed by atoms with Crippen LogP contribution in [0.2, 0.25) is 0 Å². The number of carbonyl (C=O) groups excluding carboxylic acids is 1. The quantitative estimate of drug-likeness (QED) is 0.327. The molecule has 0 saturated carbocycles. The van der Waals surface area contributed by atoms with Crippen molar-refractivity contribution in [3.8, 4) is 22.3 Å². The minimum absolute atomic E-state index is 0.0173. The zero-order valence-electron chi connectivity index (χ0n) is 17.2. The summed E-state index contributed by atoms with van der Waals surface area (Å²) in [6.45, 7) is 4.00. The number of hydrogen-bond donors (Lipinski definition) is 1. The maximum absolute atomic E-state index is 12.8. The molecule has 0 unspecified atom stereocenters. The van der Waals surface area contributed by atoms with Crippen LogP contribution < -0.4 is 5.32 Å². The topological polar surface area (TPSA) is 70.7 Å². The van der Waals surface area contributed by atoms with Crippen LogP contribution in [0.15, 0.2) is 77.8 Å². The van der Waals surface area contributed by atoms with E-state index in [1.165, 1.54) is 0 Å². The fourth-order valence-electron chi connectivity index (χ4n) is 3.13. The molecule has 4 rings (SSSR count). The van der Waals surface area contributed by atoms with E-state index in [4.69, 9.17) is 5.10 Å². The van der Waals surface area contributed by atoms with Gasteiger partial charge in [-0.25, -0.2) is 4.68 Å². The van der Waals surface area contributed by atoms with Crippen LogP contribution in [0.5, 0.6) is 0 Å². The first-order valence-corrected chi connectivity index (χ1v) is 10.6. The number of benzene rings is 2. The van der Waals surface area contributed by atoms with Crippen LogP contribution in [-0.4, -0.2) is 15.7 Å². The summed E-state index contributed by atoms with van der Waals surface area (Å²) in [7, 11) is 0. The standard InChI is InChI=1S/C25H20N4OS/c1-17-10-11-21(13-18(17)2)27-25(30)19(15-26)14-20-16-29(22-7-4-3-5-8-22)28-24(20)23-9-6-12-31-23/h3-14,16H,1-2H3,(H,27,30). The van der Waals surface area contributed by atoms with Gasteiger partial charge in [0.2, 0.25) is 0 Å². The van der Waals surface area contributed by atoms with Gasteiger partial charge in [-0.2, -0.15) is 10.4 Å². The van der Waals surface area contributed by atoms with Gasteiger partial charge in [0.15, 0.2) is 0 Å². The van der Waals surface area contributed by atoms with Crippen molar-refractivity contribution in [1.29, 1.82) is 5.26 Å². The first kappa shape index (κ1) is 20.3. The number of hydrogen-bond acceptors (Lipinski definition) is 4. The molecule has 0 bridgehead atoms. The number of nitriles is 1. The molecule has 2 aromatic carbocycles. The van der Waals surface area contributed by atoms with Crippen molar-refractivity contribution in [2.75, 3.05) is 5.32 Å². The van der Waals surface area contributed by atoms with Crippen molar-refractivity contribution in [3.05, 3.63) is 94.5 Å². The van der Waals surface area contributed by atoms with Crippen LogP contribution >= 0.6 is 11.3 Å². The summed E-state index contributed by atoms with van der Waals surface area (Å²) in [5.74, 6) is -0.449. The lowest BCUT2D eigenvalue weighted by atomic mass is 10.1. The van der Waals surface area contributed by atoms with Gasteiger partial charge in [-0.3, -0.25) is 4.79 Å². The molecular formula is C25H20N4OS. The number of amides is 1. The molecule has 5 nitrogen and oxygen atoms in total. The van der Waals surface area contributed by atoms with Crippen LogP contribution in [0.25, 0.3) is 22.3 Å². The van der Waals surface area contributed by atoms with E-state index in [9.17, 15) is 10.1 Å². The Kier molecular flexibility index (Phi) is 5.78. The van der Waals surface area contributed by atoms with Crippen LogP contribution in [0, 0.1) is 25.2 Å². The van der Waals surface area contributed by atoms with Crippen LogP contribution in [0.1, 0.15) is 16.7 Å². The lowest BCUT2D eigenvalue weighted by Crippen LogP contribution is -2.13. The number of aryl methyl sites for hydroxylation is 2. The molecule has 152 valence electrons. The van der Waals surface area contributed by atoms with Crippen LogP contribution in [0.3, 0.4) is 0 Å². The number of thiophene rings is 1. The van der Waals surface area contributed by atoms with Crippen molar-refractivity contribution < 1.29 is 4.79 Å². The van der Waals surface area contributed by atoms with E-state index in [1.807, 2.05) is 92.2 Å².